The lowest BCUT2D eigenvalue weighted by molar-refractivity contribution is 0.0638. The minimum Gasteiger partial charge on any atom is -0.336 e. The second kappa shape index (κ2) is 8.05. The smallest absolute Gasteiger partial charge is 0.257 e. The maximum atomic E-state index is 13.0. The summed E-state index contributed by atoms with van der Waals surface area (Å²) in [6, 6.07) is 5.68. The third-order valence-corrected chi connectivity index (χ3v) is 6.37. The van der Waals surface area contributed by atoms with Crippen molar-refractivity contribution in [3.8, 4) is 0 Å². The van der Waals surface area contributed by atoms with E-state index in [4.69, 9.17) is 0 Å². The lowest BCUT2D eigenvalue weighted by Crippen LogP contribution is -2.49. The van der Waals surface area contributed by atoms with Crippen molar-refractivity contribution in [3.05, 3.63) is 57.3 Å². The predicted octanol–water partition coefficient (Wildman–Crippen LogP) is 1.80. The number of carbonyl (C=O) groups is 1. The molecule has 1 saturated heterocycles. The summed E-state index contributed by atoms with van der Waals surface area (Å²) < 4.78 is 14.8. The number of hydrogen-bond donors (Lipinski definition) is 0. The molecule has 2 aliphatic heterocycles. The standard InChI is InChI=1S/C20H23FN4O2S/c1-14-17(19(27)25-12-13-28-20(25)22-14)6-7-23-8-10-24(11-9-23)18(26)15-2-4-16(21)5-3-15/h2-5H,6-13H2,1H3. The van der Waals surface area contributed by atoms with Gasteiger partial charge in [0.2, 0.25) is 0 Å². The van der Waals surface area contributed by atoms with Gasteiger partial charge >= 0.3 is 0 Å². The third kappa shape index (κ3) is 3.84. The van der Waals surface area contributed by atoms with Crippen LogP contribution in [0.1, 0.15) is 21.6 Å². The molecule has 1 fully saturated rings. The first-order valence-corrected chi connectivity index (χ1v) is 10.5. The van der Waals surface area contributed by atoms with Crippen LogP contribution in [0.25, 0.3) is 0 Å². The highest BCUT2D eigenvalue weighted by molar-refractivity contribution is 7.99. The molecular formula is C20H23FN4O2S. The van der Waals surface area contributed by atoms with Gasteiger partial charge in [0.05, 0.1) is 0 Å². The predicted molar refractivity (Wildman–Crippen MR) is 106 cm³/mol. The molecule has 0 spiro atoms. The first kappa shape index (κ1) is 19.1. The molecule has 28 heavy (non-hydrogen) atoms. The molecule has 1 amide bonds. The quantitative estimate of drug-likeness (QED) is 0.730. The molecule has 0 radical (unpaired) electrons. The highest BCUT2D eigenvalue weighted by Gasteiger charge is 2.23. The van der Waals surface area contributed by atoms with Gasteiger partial charge in [-0.25, -0.2) is 9.37 Å². The van der Waals surface area contributed by atoms with Crippen LogP contribution in [0, 0.1) is 12.7 Å². The molecule has 148 valence electrons. The number of benzene rings is 1. The Labute approximate surface area is 167 Å². The Kier molecular flexibility index (Phi) is 5.50. The molecule has 0 atom stereocenters. The monoisotopic (exact) mass is 402 g/mol. The van der Waals surface area contributed by atoms with E-state index in [0.29, 0.717) is 25.1 Å². The third-order valence-electron chi connectivity index (χ3n) is 5.41. The summed E-state index contributed by atoms with van der Waals surface area (Å²) in [5.74, 6) is 0.510. The van der Waals surface area contributed by atoms with Gasteiger partial charge in [-0.2, -0.15) is 0 Å². The molecule has 1 aromatic carbocycles. The zero-order valence-corrected chi connectivity index (χ0v) is 16.7. The number of rotatable bonds is 4. The Morgan fingerprint density at radius 1 is 1.14 bits per heavy atom. The maximum absolute atomic E-state index is 13.0. The van der Waals surface area contributed by atoms with Crippen LogP contribution >= 0.6 is 11.8 Å². The highest BCUT2D eigenvalue weighted by Crippen LogP contribution is 2.22. The van der Waals surface area contributed by atoms with Crippen LogP contribution in [0.2, 0.25) is 0 Å². The van der Waals surface area contributed by atoms with Gasteiger partial charge in [0.25, 0.3) is 11.5 Å². The number of nitrogens with zero attached hydrogens (tertiary/aromatic N) is 4. The van der Waals surface area contributed by atoms with Crippen LogP contribution < -0.4 is 5.56 Å². The lowest BCUT2D eigenvalue weighted by atomic mass is 10.1. The second-order valence-electron chi connectivity index (χ2n) is 7.15. The van der Waals surface area contributed by atoms with Crippen LogP contribution in [-0.4, -0.2) is 63.7 Å². The number of piperazine rings is 1. The summed E-state index contributed by atoms with van der Waals surface area (Å²) >= 11 is 1.64. The van der Waals surface area contributed by atoms with Crippen molar-refractivity contribution in [1.82, 2.24) is 19.4 Å². The average Bonchev–Trinajstić information content (AvgIpc) is 3.17. The van der Waals surface area contributed by atoms with Crippen LogP contribution in [0.3, 0.4) is 0 Å². The molecule has 8 heteroatoms. The van der Waals surface area contributed by atoms with Gasteiger partial charge in [-0.15, -0.1) is 0 Å². The van der Waals surface area contributed by atoms with E-state index in [0.717, 1.165) is 48.3 Å². The molecule has 6 nitrogen and oxygen atoms in total. The minimum absolute atomic E-state index is 0.0611. The van der Waals surface area contributed by atoms with E-state index in [1.807, 2.05) is 6.92 Å². The van der Waals surface area contributed by atoms with Crippen molar-refractivity contribution in [3.63, 3.8) is 0 Å². The first-order chi connectivity index (χ1) is 13.5. The molecule has 4 rings (SSSR count). The Hall–Kier alpha value is -2.19. The van der Waals surface area contributed by atoms with Crippen LogP contribution in [0.15, 0.2) is 34.2 Å². The van der Waals surface area contributed by atoms with Crippen molar-refractivity contribution in [2.75, 3.05) is 38.5 Å². The van der Waals surface area contributed by atoms with Gasteiger partial charge in [0.1, 0.15) is 5.82 Å². The Bertz CT molecular complexity index is 936. The SMILES string of the molecule is Cc1nc2n(c(=O)c1CCN1CCN(C(=O)c3ccc(F)cc3)CC1)CCS2. The second-order valence-corrected chi connectivity index (χ2v) is 8.22. The van der Waals surface area contributed by atoms with E-state index in [2.05, 4.69) is 9.88 Å². The maximum Gasteiger partial charge on any atom is 0.257 e. The lowest BCUT2D eigenvalue weighted by Gasteiger charge is -2.34. The van der Waals surface area contributed by atoms with Crippen molar-refractivity contribution in [1.29, 1.82) is 0 Å². The van der Waals surface area contributed by atoms with Crippen molar-refractivity contribution < 1.29 is 9.18 Å². The van der Waals surface area contributed by atoms with Gasteiger partial charge in [-0.05, 0) is 37.6 Å². The highest BCUT2D eigenvalue weighted by atomic mass is 32.2. The Morgan fingerprint density at radius 2 is 1.86 bits per heavy atom. The number of halogens is 1. The number of fused-ring (bicyclic) bond motifs is 1. The van der Waals surface area contributed by atoms with Gasteiger partial charge < -0.3 is 4.90 Å². The fourth-order valence-corrected chi connectivity index (χ4v) is 4.71. The van der Waals surface area contributed by atoms with Gasteiger partial charge in [0, 0.05) is 61.8 Å². The van der Waals surface area contributed by atoms with Gasteiger partial charge in [-0.1, -0.05) is 11.8 Å². The van der Waals surface area contributed by atoms with Crippen molar-refractivity contribution in [2.24, 2.45) is 0 Å². The first-order valence-electron chi connectivity index (χ1n) is 9.53. The van der Waals surface area contributed by atoms with Crippen molar-refractivity contribution in [2.45, 2.75) is 25.0 Å². The molecule has 0 aliphatic carbocycles. The normalized spacial score (nSPS) is 17.0. The van der Waals surface area contributed by atoms with Crippen LogP contribution in [-0.2, 0) is 13.0 Å². The molecule has 1 aromatic heterocycles. The summed E-state index contributed by atoms with van der Waals surface area (Å²) in [4.78, 5) is 33.9. The summed E-state index contributed by atoms with van der Waals surface area (Å²) in [7, 11) is 0. The average molecular weight is 402 g/mol. The number of amides is 1. The van der Waals surface area contributed by atoms with E-state index in [-0.39, 0.29) is 17.3 Å². The molecule has 2 aromatic rings. The largest absolute Gasteiger partial charge is 0.336 e. The molecule has 0 unspecified atom stereocenters. The van der Waals surface area contributed by atoms with Crippen molar-refractivity contribution >= 4 is 17.7 Å². The topological polar surface area (TPSA) is 58.4 Å². The fourth-order valence-electron chi connectivity index (χ4n) is 3.72. The number of aromatic nitrogens is 2. The Balaban J connectivity index is 1.34. The fraction of sp³-hybridized carbons (Fsp3) is 0.450. The summed E-state index contributed by atoms with van der Waals surface area (Å²) in [6.07, 6.45) is 0.675. The van der Waals surface area contributed by atoms with E-state index in [1.165, 1.54) is 24.3 Å². The number of hydrogen-bond acceptors (Lipinski definition) is 5. The number of carbonyl (C=O) groups excluding carboxylic acids is 1. The molecular weight excluding hydrogens is 379 g/mol. The molecule has 0 saturated carbocycles. The molecule has 3 heterocycles. The number of aryl methyl sites for hydroxylation is 1. The van der Waals surface area contributed by atoms with E-state index in [9.17, 15) is 14.0 Å². The summed E-state index contributed by atoms with van der Waals surface area (Å²) in [5, 5.41) is 0.833. The minimum atomic E-state index is -0.341. The van der Waals surface area contributed by atoms with Gasteiger partial charge in [-0.3, -0.25) is 19.1 Å². The zero-order valence-electron chi connectivity index (χ0n) is 15.9. The molecule has 2 aliphatic rings. The van der Waals surface area contributed by atoms with E-state index < -0.39 is 0 Å². The Morgan fingerprint density at radius 3 is 2.57 bits per heavy atom. The van der Waals surface area contributed by atoms with E-state index >= 15 is 0 Å². The van der Waals surface area contributed by atoms with Crippen LogP contribution in [0.5, 0.6) is 0 Å². The summed E-state index contributed by atoms with van der Waals surface area (Å²) in [6.45, 7) is 6.23. The summed E-state index contributed by atoms with van der Waals surface area (Å²) in [5.41, 5.74) is 2.24. The van der Waals surface area contributed by atoms with Gasteiger partial charge in [0.15, 0.2) is 5.16 Å². The molecule has 0 bridgehead atoms. The zero-order chi connectivity index (χ0) is 19.7. The van der Waals surface area contributed by atoms with Crippen LogP contribution in [0.4, 0.5) is 4.39 Å². The van der Waals surface area contributed by atoms with E-state index in [1.54, 1.807) is 21.2 Å². The molecule has 0 N–H and O–H groups in total. The number of thioether (sulfide) groups is 1.